The summed E-state index contributed by atoms with van der Waals surface area (Å²) in [6, 6.07) is 14.0. The number of carbonyl (C=O) groups excluding carboxylic acids is 1. The third kappa shape index (κ3) is 5.72. The molecular weight excluding hydrogens is 362 g/mol. The zero-order valence-corrected chi connectivity index (χ0v) is 15.4. The van der Waals surface area contributed by atoms with Gasteiger partial charge in [-0.25, -0.2) is 4.79 Å². The van der Waals surface area contributed by atoms with Gasteiger partial charge in [-0.1, -0.05) is 24.3 Å². The van der Waals surface area contributed by atoms with Crippen LogP contribution in [0, 0.1) is 0 Å². The van der Waals surface area contributed by atoms with E-state index in [1.54, 1.807) is 36.4 Å². The van der Waals surface area contributed by atoms with Crippen LogP contribution in [0.5, 0.6) is 11.5 Å². The van der Waals surface area contributed by atoms with Crippen LogP contribution in [0.15, 0.2) is 48.5 Å². The number of hydrogen-bond donors (Lipinski definition) is 2. The second-order valence-corrected chi connectivity index (χ2v) is 6.45. The monoisotopic (exact) mass is 385 g/mol. The number of carboxylic acid groups (broad SMARTS) is 1. The molecule has 3 rings (SSSR count). The number of rotatable bonds is 9. The van der Waals surface area contributed by atoms with Gasteiger partial charge in [-0.2, -0.15) is 0 Å². The Morgan fingerprint density at radius 2 is 2.00 bits per heavy atom. The fourth-order valence-electron chi connectivity index (χ4n) is 2.91. The van der Waals surface area contributed by atoms with Gasteiger partial charge in [-0.05, 0) is 42.7 Å². The normalized spacial score (nSPS) is 15.8. The highest BCUT2D eigenvalue weighted by Crippen LogP contribution is 2.21. The maximum Gasteiger partial charge on any atom is 0.341 e. The molecule has 0 spiro atoms. The third-order valence-electron chi connectivity index (χ3n) is 4.29. The number of nitrogens with one attached hydrogen (secondary N) is 1. The Morgan fingerprint density at radius 3 is 2.79 bits per heavy atom. The van der Waals surface area contributed by atoms with Gasteiger partial charge in [0.25, 0.3) is 5.91 Å². The molecule has 0 aromatic heterocycles. The molecule has 7 nitrogen and oxygen atoms in total. The van der Waals surface area contributed by atoms with Crippen LogP contribution in [0.4, 0.5) is 0 Å². The lowest BCUT2D eigenvalue weighted by Gasteiger charge is -2.14. The first-order chi connectivity index (χ1) is 13.6. The Morgan fingerprint density at radius 1 is 1.14 bits per heavy atom. The maximum atomic E-state index is 12.6. The number of para-hydroxylation sites is 1. The fraction of sp³-hybridized carbons (Fsp3) is 0.333. The lowest BCUT2D eigenvalue weighted by atomic mass is 10.1. The second kappa shape index (κ2) is 9.75. The molecule has 2 N–H and O–H groups in total. The van der Waals surface area contributed by atoms with Gasteiger partial charge in [0.05, 0.1) is 11.7 Å². The smallest absolute Gasteiger partial charge is 0.341 e. The van der Waals surface area contributed by atoms with Crippen molar-refractivity contribution in [2.24, 2.45) is 0 Å². The van der Waals surface area contributed by atoms with Crippen LogP contribution < -0.4 is 14.8 Å². The van der Waals surface area contributed by atoms with Crippen LogP contribution in [0.3, 0.4) is 0 Å². The molecular formula is C21H23NO6. The summed E-state index contributed by atoms with van der Waals surface area (Å²) in [4.78, 5) is 23.2. The first kappa shape index (κ1) is 19.7. The molecule has 2 aromatic rings. The Balaban J connectivity index is 1.57. The minimum Gasteiger partial charge on any atom is -0.490 e. The minimum atomic E-state index is -1.04. The van der Waals surface area contributed by atoms with Crippen LogP contribution in [0.1, 0.15) is 28.8 Å². The number of benzene rings is 2. The van der Waals surface area contributed by atoms with E-state index in [4.69, 9.17) is 19.3 Å². The summed E-state index contributed by atoms with van der Waals surface area (Å²) in [5.41, 5.74) is 1.26. The van der Waals surface area contributed by atoms with Gasteiger partial charge in [-0.3, -0.25) is 4.79 Å². The fourth-order valence-corrected chi connectivity index (χ4v) is 2.91. The molecule has 0 aliphatic carbocycles. The quantitative estimate of drug-likeness (QED) is 0.689. The van der Waals surface area contributed by atoms with E-state index in [9.17, 15) is 9.59 Å². The van der Waals surface area contributed by atoms with E-state index < -0.39 is 12.6 Å². The summed E-state index contributed by atoms with van der Waals surface area (Å²) in [7, 11) is 0. The maximum absolute atomic E-state index is 12.6. The van der Waals surface area contributed by atoms with E-state index in [0.29, 0.717) is 23.7 Å². The topological polar surface area (TPSA) is 94.1 Å². The molecule has 1 saturated heterocycles. The van der Waals surface area contributed by atoms with Gasteiger partial charge in [-0.15, -0.1) is 0 Å². The molecule has 0 radical (unpaired) electrons. The van der Waals surface area contributed by atoms with Crippen LogP contribution in [-0.2, 0) is 16.1 Å². The summed E-state index contributed by atoms with van der Waals surface area (Å²) >= 11 is 0. The molecule has 7 heteroatoms. The van der Waals surface area contributed by atoms with Crippen molar-refractivity contribution in [3.05, 3.63) is 59.7 Å². The molecule has 0 saturated carbocycles. The summed E-state index contributed by atoms with van der Waals surface area (Å²) in [6.07, 6.45) is 2.07. The number of ether oxygens (including phenoxy) is 3. The van der Waals surface area contributed by atoms with E-state index >= 15 is 0 Å². The number of aliphatic carboxylic acids is 1. The van der Waals surface area contributed by atoms with Gasteiger partial charge >= 0.3 is 5.97 Å². The molecule has 1 aliphatic rings. The Hall–Kier alpha value is -3.06. The highest BCUT2D eigenvalue weighted by molar-refractivity contribution is 5.96. The van der Waals surface area contributed by atoms with Crippen molar-refractivity contribution < 1.29 is 28.9 Å². The van der Waals surface area contributed by atoms with Crippen molar-refractivity contribution in [3.8, 4) is 11.5 Å². The van der Waals surface area contributed by atoms with Crippen molar-refractivity contribution in [2.75, 3.05) is 19.8 Å². The summed E-state index contributed by atoms with van der Waals surface area (Å²) in [5, 5.41) is 11.5. The van der Waals surface area contributed by atoms with Gasteiger partial charge in [0.2, 0.25) is 0 Å². The molecule has 0 unspecified atom stereocenters. The SMILES string of the molecule is O=C(O)COc1cccc(CNC(=O)c2ccccc2OC[C@H]2CCCO2)c1. The Bertz CT molecular complexity index is 816. The molecule has 1 atom stereocenters. The Labute approximate surface area is 163 Å². The van der Waals surface area contributed by atoms with Crippen molar-refractivity contribution >= 4 is 11.9 Å². The average molecular weight is 385 g/mol. The van der Waals surface area contributed by atoms with Crippen molar-refractivity contribution in [3.63, 3.8) is 0 Å². The first-order valence-corrected chi connectivity index (χ1v) is 9.17. The van der Waals surface area contributed by atoms with E-state index in [1.165, 1.54) is 0 Å². The predicted octanol–water partition coefficient (Wildman–Crippen LogP) is 2.64. The van der Waals surface area contributed by atoms with E-state index in [2.05, 4.69) is 5.32 Å². The zero-order valence-electron chi connectivity index (χ0n) is 15.4. The van der Waals surface area contributed by atoms with Gasteiger partial charge in [0.15, 0.2) is 6.61 Å². The molecule has 28 heavy (non-hydrogen) atoms. The van der Waals surface area contributed by atoms with Crippen LogP contribution in [0.25, 0.3) is 0 Å². The Kier molecular flexibility index (Phi) is 6.86. The molecule has 2 aromatic carbocycles. The van der Waals surface area contributed by atoms with E-state index in [1.807, 2.05) is 12.1 Å². The van der Waals surface area contributed by atoms with Crippen molar-refractivity contribution in [1.29, 1.82) is 0 Å². The molecule has 1 heterocycles. The molecule has 1 fully saturated rings. The van der Waals surface area contributed by atoms with E-state index in [-0.39, 0.29) is 18.6 Å². The molecule has 1 amide bonds. The molecule has 148 valence electrons. The van der Waals surface area contributed by atoms with Crippen LogP contribution in [-0.4, -0.2) is 42.9 Å². The largest absolute Gasteiger partial charge is 0.490 e. The number of carboxylic acids is 1. The molecule has 1 aliphatic heterocycles. The number of amides is 1. The average Bonchev–Trinajstić information content (AvgIpc) is 3.23. The lowest BCUT2D eigenvalue weighted by molar-refractivity contribution is -0.139. The minimum absolute atomic E-state index is 0.0738. The van der Waals surface area contributed by atoms with E-state index in [0.717, 1.165) is 25.0 Å². The lowest BCUT2D eigenvalue weighted by Crippen LogP contribution is -2.24. The molecule has 0 bridgehead atoms. The first-order valence-electron chi connectivity index (χ1n) is 9.17. The van der Waals surface area contributed by atoms with Crippen LogP contribution >= 0.6 is 0 Å². The number of carbonyl (C=O) groups is 2. The van der Waals surface area contributed by atoms with Gasteiger partial charge < -0.3 is 24.6 Å². The summed E-state index contributed by atoms with van der Waals surface area (Å²) < 4.78 is 16.5. The third-order valence-corrected chi connectivity index (χ3v) is 4.29. The number of hydrogen-bond acceptors (Lipinski definition) is 5. The predicted molar refractivity (Wildman–Crippen MR) is 102 cm³/mol. The standard InChI is InChI=1S/C21H23NO6/c23-20(24)14-27-16-6-3-5-15(11-16)12-22-21(25)18-8-1-2-9-19(18)28-13-17-7-4-10-26-17/h1-3,5-6,8-9,11,17H,4,7,10,12-14H2,(H,22,25)(H,23,24)/t17-/m1/s1. The highest BCUT2D eigenvalue weighted by Gasteiger charge is 2.18. The summed E-state index contributed by atoms with van der Waals surface area (Å²) in [6.45, 7) is 1.05. The highest BCUT2D eigenvalue weighted by atomic mass is 16.5. The van der Waals surface area contributed by atoms with Gasteiger partial charge in [0, 0.05) is 13.2 Å². The van der Waals surface area contributed by atoms with Crippen LogP contribution in [0.2, 0.25) is 0 Å². The summed E-state index contributed by atoms with van der Waals surface area (Å²) in [5.74, 6) is -0.332. The van der Waals surface area contributed by atoms with Crippen molar-refractivity contribution in [2.45, 2.75) is 25.5 Å². The van der Waals surface area contributed by atoms with Crippen molar-refractivity contribution in [1.82, 2.24) is 5.32 Å². The zero-order chi connectivity index (χ0) is 19.8. The van der Waals surface area contributed by atoms with Gasteiger partial charge in [0.1, 0.15) is 18.1 Å². The second-order valence-electron chi connectivity index (χ2n) is 6.45.